The summed E-state index contributed by atoms with van der Waals surface area (Å²) in [5.74, 6) is -0.0340. The standard InChI is InChI=1S/C30H49N5O3/c1-30(2,3)38-29(37)35-20-18-34(19-21-35)17-16-31-28(36)23-14-15-26(32-24-10-6-4-7-11-24)27(22-23)33-25-12-8-5-9-13-25/h14-15,22,24-25,32-33H,4-13,16-21H2,1-3H3,(H,31,36). The Balaban J connectivity index is 1.28. The SMILES string of the molecule is CC(C)(C)OC(=O)N1CCN(CCNC(=O)c2ccc(NC3CCCCC3)c(NC3CCCCC3)c2)CC1. The molecule has 0 bridgehead atoms. The van der Waals surface area contributed by atoms with Crippen LogP contribution in [0.5, 0.6) is 0 Å². The molecule has 3 N–H and O–H groups in total. The lowest BCUT2D eigenvalue weighted by Crippen LogP contribution is -2.51. The van der Waals surface area contributed by atoms with E-state index in [0.717, 1.165) is 31.0 Å². The first kappa shape index (κ1) is 28.5. The van der Waals surface area contributed by atoms with Crippen LogP contribution in [0, 0.1) is 0 Å². The molecule has 1 heterocycles. The number of anilines is 2. The first-order chi connectivity index (χ1) is 18.3. The van der Waals surface area contributed by atoms with E-state index >= 15 is 0 Å². The third kappa shape index (κ3) is 8.79. The Morgan fingerprint density at radius 3 is 2.00 bits per heavy atom. The number of hydrogen-bond acceptors (Lipinski definition) is 6. The maximum atomic E-state index is 13.1. The van der Waals surface area contributed by atoms with Crippen molar-refractivity contribution in [2.45, 2.75) is 103 Å². The minimum atomic E-state index is -0.478. The quantitative estimate of drug-likeness (QED) is 0.416. The fourth-order valence-electron chi connectivity index (χ4n) is 5.77. The molecule has 0 atom stereocenters. The Labute approximate surface area is 229 Å². The molecule has 1 aliphatic heterocycles. The van der Waals surface area contributed by atoms with Crippen LogP contribution < -0.4 is 16.0 Å². The van der Waals surface area contributed by atoms with Crippen molar-refractivity contribution in [3.05, 3.63) is 23.8 Å². The molecule has 212 valence electrons. The number of carbonyl (C=O) groups is 2. The highest BCUT2D eigenvalue weighted by Crippen LogP contribution is 2.31. The Hall–Kier alpha value is -2.48. The third-order valence-electron chi connectivity index (χ3n) is 7.95. The summed E-state index contributed by atoms with van der Waals surface area (Å²) in [6.45, 7) is 9.88. The van der Waals surface area contributed by atoms with Crippen molar-refractivity contribution in [1.82, 2.24) is 15.1 Å². The average Bonchev–Trinajstić information content (AvgIpc) is 2.90. The van der Waals surface area contributed by atoms with Gasteiger partial charge in [0.25, 0.3) is 5.91 Å². The van der Waals surface area contributed by atoms with Crippen LogP contribution in [0.2, 0.25) is 0 Å². The van der Waals surface area contributed by atoms with E-state index in [9.17, 15) is 9.59 Å². The molecule has 3 fully saturated rings. The van der Waals surface area contributed by atoms with E-state index in [1.54, 1.807) is 4.90 Å². The summed E-state index contributed by atoms with van der Waals surface area (Å²) >= 11 is 0. The fraction of sp³-hybridized carbons (Fsp3) is 0.733. The van der Waals surface area contributed by atoms with Crippen LogP contribution in [0.15, 0.2) is 18.2 Å². The van der Waals surface area contributed by atoms with E-state index in [1.807, 2.05) is 32.9 Å². The van der Waals surface area contributed by atoms with Gasteiger partial charge in [0.15, 0.2) is 0 Å². The van der Waals surface area contributed by atoms with Crippen molar-refractivity contribution < 1.29 is 14.3 Å². The van der Waals surface area contributed by atoms with E-state index in [-0.39, 0.29) is 12.0 Å². The molecule has 0 radical (unpaired) electrons. The molecule has 1 aromatic rings. The molecule has 2 aliphatic carbocycles. The van der Waals surface area contributed by atoms with Crippen LogP contribution >= 0.6 is 0 Å². The van der Waals surface area contributed by atoms with E-state index < -0.39 is 5.60 Å². The Morgan fingerprint density at radius 1 is 0.842 bits per heavy atom. The normalized spacial score (nSPS) is 20.1. The molecule has 8 heteroatoms. The van der Waals surface area contributed by atoms with Crippen LogP contribution in [-0.4, -0.2) is 78.8 Å². The highest BCUT2D eigenvalue weighted by molar-refractivity contribution is 5.96. The summed E-state index contributed by atoms with van der Waals surface area (Å²) in [6, 6.07) is 7.07. The molecular weight excluding hydrogens is 478 g/mol. The number of nitrogens with one attached hydrogen (secondary N) is 3. The summed E-state index contributed by atoms with van der Waals surface area (Å²) < 4.78 is 5.48. The summed E-state index contributed by atoms with van der Waals surface area (Å²) in [6.07, 6.45) is 12.4. The minimum Gasteiger partial charge on any atom is -0.444 e. The smallest absolute Gasteiger partial charge is 0.410 e. The number of carbonyl (C=O) groups excluding carboxylic acids is 2. The number of hydrogen-bond donors (Lipinski definition) is 3. The second-order valence-electron chi connectivity index (χ2n) is 12.3. The van der Waals surface area contributed by atoms with Crippen molar-refractivity contribution in [2.75, 3.05) is 49.9 Å². The van der Waals surface area contributed by atoms with Crippen molar-refractivity contribution >= 4 is 23.4 Å². The van der Waals surface area contributed by atoms with Crippen molar-refractivity contribution in [1.29, 1.82) is 0 Å². The van der Waals surface area contributed by atoms with Crippen LogP contribution in [0.1, 0.15) is 95.3 Å². The zero-order valence-corrected chi connectivity index (χ0v) is 23.8. The summed E-state index contributed by atoms with van der Waals surface area (Å²) in [4.78, 5) is 29.4. The molecule has 3 aliphatic rings. The number of piperazine rings is 1. The molecule has 0 unspecified atom stereocenters. The largest absolute Gasteiger partial charge is 0.444 e. The second-order valence-corrected chi connectivity index (χ2v) is 12.3. The topological polar surface area (TPSA) is 85.9 Å². The fourth-order valence-corrected chi connectivity index (χ4v) is 5.77. The number of rotatable bonds is 8. The lowest BCUT2D eigenvalue weighted by molar-refractivity contribution is 0.0147. The van der Waals surface area contributed by atoms with Crippen LogP contribution in [0.25, 0.3) is 0 Å². The van der Waals surface area contributed by atoms with E-state index in [1.165, 1.54) is 64.2 Å². The second kappa shape index (κ2) is 13.5. The molecule has 2 amide bonds. The van der Waals surface area contributed by atoms with Gasteiger partial charge >= 0.3 is 6.09 Å². The monoisotopic (exact) mass is 527 g/mol. The van der Waals surface area contributed by atoms with Gasteiger partial charge in [-0.1, -0.05) is 38.5 Å². The number of amides is 2. The molecule has 2 saturated carbocycles. The van der Waals surface area contributed by atoms with Gasteiger partial charge in [-0.3, -0.25) is 9.69 Å². The highest BCUT2D eigenvalue weighted by Gasteiger charge is 2.26. The van der Waals surface area contributed by atoms with Crippen molar-refractivity contribution in [3.63, 3.8) is 0 Å². The Morgan fingerprint density at radius 2 is 1.42 bits per heavy atom. The van der Waals surface area contributed by atoms with Crippen LogP contribution in [0.4, 0.5) is 16.2 Å². The van der Waals surface area contributed by atoms with E-state index in [0.29, 0.717) is 37.3 Å². The molecule has 1 aromatic carbocycles. The molecular formula is C30H49N5O3. The number of ether oxygens (including phenoxy) is 1. The Bertz CT molecular complexity index is 911. The van der Waals surface area contributed by atoms with Gasteiger partial charge in [0.05, 0.1) is 11.4 Å². The van der Waals surface area contributed by atoms with Crippen LogP contribution in [0.3, 0.4) is 0 Å². The maximum absolute atomic E-state index is 13.1. The van der Waals surface area contributed by atoms with Gasteiger partial charge in [-0.25, -0.2) is 4.79 Å². The highest BCUT2D eigenvalue weighted by atomic mass is 16.6. The van der Waals surface area contributed by atoms with Gasteiger partial charge in [0.2, 0.25) is 0 Å². The number of nitrogens with zero attached hydrogens (tertiary/aromatic N) is 2. The predicted octanol–water partition coefficient (Wildman–Crippen LogP) is 5.46. The van der Waals surface area contributed by atoms with Gasteiger partial charge in [-0.2, -0.15) is 0 Å². The van der Waals surface area contributed by atoms with Gasteiger partial charge in [0, 0.05) is 56.9 Å². The molecule has 1 saturated heterocycles. The van der Waals surface area contributed by atoms with Crippen LogP contribution in [-0.2, 0) is 4.74 Å². The average molecular weight is 528 g/mol. The molecule has 8 nitrogen and oxygen atoms in total. The van der Waals surface area contributed by atoms with Gasteiger partial charge in [0.1, 0.15) is 5.60 Å². The first-order valence-corrected chi connectivity index (χ1v) is 14.9. The lowest BCUT2D eigenvalue weighted by Gasteiger charge is -2.35. The first-order valence-electron chi connectivity index (χ1n) is 14.9. The number of benzene rings is 1. The maximum Gasteiger partial charge on any atom is 0.410 e. The van der Waals surface area contributed by atoms with E-state index in [4.69, 9.17) is 4.74 Å². The Kier molecular flexibility index (Phi) is 10.2. The summed E-state index contributed by atoms with van der Waals surface area (Å²) in [7, 11) is 0. The van der Waals surface area contributed by atoms with Crippen molar-refractivity contribution in [3.8, 4) is 0 Å². The van der Waals surface area contributed by atoms with Gasteiger partial charge < -0.3 is 25.6 Å². The molecule has 38 heavy (non-hydrogen) atoms. The lowest BCUT2D eigenvalue weighted by atomic mass is 9.94. The van der Waals surface area contributed by atoms with Gasteiger partial charge in [-0.05, 0) is 64.7 Å². The zero-order chi connectivity index (χ0) is 27.0. The molecule has 4 rings (SSSR count). The minimum absolute atomic E-state index is 0.0340. The molecule has 0 spiro atoms. The summed E-state index contributed by atoms with van der Waals surface area (Å²) in [5.41, 5.74) is 2.41. The van der Waals surface area contributed by atoms with Gasteiger partial charge in [-0.15, -0.1) is 0 Å². The predicted molar refractivity (Wildman–Crippen MR) is 154 cm³/mol. The molecule has 0 aromatic heterocycles. The van der Waals surface area contributed by atoms with Crippen molar-refractivity contribution in [2.24, 2.45) is 0 Å². The zero-order valence-electron chi connectivity index (χ0n) is 23.8. The summed E-state index contributed by atoms with van der Waals surface area (Å²) in [5, 5.41) is 10.7. The van der Waals surface area contributed by atoms with E-state index in [2.05, 4.69) is 26.9 Å². The third-order valence-corrected chi connectivity index (χ3v) is 7.95.